The lowest BCUT2D eigenvalue weighted by atomic mass is 9.67. The number of hydrogen-bond donors (Lipinski definition) is 0. The highest BCUT2D eigenvalue weighted by Crippen LogP contribution is 2.52. The lowest BCUT2D eigenvalue weighted by Crippen LogP contribution is -2.30. The van der Waals surface area contributed by atoms with Gasteiger partial charge in [0, 0.05) is 25.6 Å². The Morgan fingerprint density at radius 1 is 1.25 bits per heavy atom. The second kappa shape index (κ2) is 6.06. The third-order valence-corrected chi connectivity index (χ3v) is 6.41. The van der Waals surface area contributed by atoms with Crippen LogP contribution in [0.3, 0.4) is 0 Å². The van der Waals surface area contributed by atoms with Gasteiger partial charge in [0.1, 0.15) is 0 Å². The zero-order valence-electron chi connectivity index (χ0n) is 14.3. The molecule has 2 heteroatoms. The van der Waals surface area contributed by atoms with Gasteiger partial charge < -0.3 is 0 Å². The first-order chi connectivity index (χ1) is 11.6. The number of halogens is 1. The van der Waals surface area contributed by atoms with Crippen LogP contribution in [0.5, 0.6) is 0 Å². The van der Waals surface area contributed by atoms with Gasteiger partial charge >= 0.3 is 0 Å². The molecule has 1 heterocycles. The molecule has 0 radical (unpaired) electrons. The highest BCUT2D eigenvalue weighted by molar-refractivity contribution is 6.33. The summed E-state index contributed by atoms with van der Waals surface area (Å²) < 4.78 is 0. The van der Waals surface area contributed by atoms with E-state index < -0.39 is 0 Å². The molecule has 0 aromatic heterocycles. The van der Waals surface area contributed by atoms with Crippen LogP contribution in [0.15, 0.2) is 49.0 Å². The fourth-order valence-electron chi connectivity index (χ4n) is 4.66. The van der Waals surface area contributed by atoms with E-state index in [9.17, 15) is 0 Å². The SMILES string of the molecule is C=Cc1ccc2c(c1Cl)CC[C@@]1(C)CN(Cc3ccccc3)C[C@H]21. The molecule has 2 atom stereocenters. The predicted molar refractivity (Wildman–Crippen MR) is 102 cm³/mol. The van der Waals surface area contributed by atoms with E-state index in [1.807, 2.05) is 6.08 Å². The van der Waals surface area contributed by atoms with Gasteiger partial charge in [-0.15, -0.1) is 0 Å². The molecule has 1 aliphatic carbocycles. The highest BCUT2D eigenvalue weighted by Gasteiger charge is 2.46. The van der Waals surface area contributed by atoms with Crippen LogP contribution >= 0.6 is 11.6 Å². The van der Waals surface area contributed by atoms with E-state index in [2.05, 4.69) is 60.9 Å². The smallest absolute Gasteiger partial charge is 0.0513 e. The van der Waals surface area contributed by atoms with E-state index in [0.717, 1.165) is 30.1 Å². The summed E-state index contributed by atoms with van der Waals surface area (Å²) in [5.41, 5.74) is 5.66. The first-order valence-corrected chi connectivity index (χ1v) is 9.18. The molecule has 0 bridgehead atoms. The molecule has 1 aliphatic heterocycles. The van der Waals surface area contributed by atoms with Gasteiger partial charge in [-0.3, -0.25) is 4.90 Å². The minimum atomic E-state index is 0.362. The van der Waals surface area contributed by atoms with Crippen molar-refractivity contribution in [2.75, 3.05) is 13.1 Å². The highest BCUT2D eigenvalue weighted by atomic mass is 35.5. The normalized spacial score (nSPS) is 26.0. The van der Waals surface area contributed by atoms with Crippen molar-refractivity contribution in [1.29, 1.82) is 0 Å². The predicted octanol–water partition coefficient (Wildman–Crippen LogP) is 5.53. The molecule has 2 aliphatic rings. The molecule has 0 N–H and O–H groups in total. The number of rotatable bonds is 3. The largest absolute Gasteiger partial charge is 0.298 e. The fraction of sp³-hybridized carbons (Fsp3) is 0.364. The molecular formula is C22H24ClN. The quantitative estimate of drug-likeness (QED) is 0.711. The van der Waals surface area contributed by atoms with Crippen LogP contribution in [0, 0.1) is 5.41 Å². The third kappa shape index (κ3) is 2.60. The van der Waals surface area contributed by atoms with Gasteiger partial charge in [0.15, 0.2) is 0 Å². The molecule has 1 nitrogen and oxygen atoms in total. The maximum atomic E-state index is 6.64. The Bertz CT molecular complexity index is 767. The Balaban J connectivity index is 1.63. The van der Waals surface area contributed by atoms with Crippen molar-refractivity contribution < 1.29 is 0 Å². The van der Waals surface area contributed by atoms with Crippen LogP contribution in [-0.4, -0.2) is 18.0 Å². The Hall–Kier alpha value is -1.57. The monoisotopic (exact) mass is 337 g/mol. The van der Waals surface area contributed by atoms with Crippen LogP contribution in [0.1, 0.15) is 41.5 Å². The Labute approximate surface area is 149 Å². The van der Waals surface area contributed by atoms with Gasteiger partial charge in [0.05, 0.1) is 5.02 Å². The van der Waals surface area contributed by atoms with Crippen molar-refractivity contribution >= 4 is 17.7 Å². The van der Waals surface area contributed by atoms with Crippen molar-refractivity contribution in [1.82, 2.24) is 4.90 Å². The van der Waals surface area contributed by atoms with Gasteiger partial charge in [0.25, 0.3) is 0 Å². The van der Waals surface area contributed by atoms with Crippen LogP contribution in [0.2, 0.25) is 5.02 Å². The van der Waals surface area contributed by atoms with Gasteiger partial charge in [-0.1, -0.05) is 73.6 Å². The van der Waals surface area contributed by atoms with Crippen molar-refractivity contribution in [2.24, 2.45) is 5.41 Å². The van der Waals surface area contributed by atoms with Crippen LogP contribution < -0.4 is 0 Å². The van der Waals surface area contributed by atoms with E-state index in [4.69, 9.17) is 11.6 Å². The second-order valence-corrected chi connectivity index (χ2v) is 7.98. The second-order valence-electron chi connectivity index (χ2n) is 7.60. The topological polar surface area (TPSA) is 3.24 Å². The molecule has 2 aromatic carbocycles. The van der Waals surface area contributed by atoms with Crippen molar-refractivity contribution in [3.05, 3.63) is 76.3 Å². The minimum Gasteiger partial charge on any atom is -0.298 e. The lowest BCUT2D eigenvalue weighted by molar-refractivity contribution is 0.240. The third-order valence-electron chi connectivity index (χ3n) is 5.97. The van der Waals surface area contributed by atoms with Gasteiger partial charge in [0.2, 0.25) is 0 Å². The number of likely N-dealkylation sites (tertiary alicyclic amines) is 1. The Morgan fingerprint density at radius 3 is 2.79 bits per heavy atom. The van der Waals surface area contributed by atoms with Crippen molar-refractivity contribution in [3.8, 4) is 0 Å². The van der Waals surface area contributed by atoms with Gasteiger partial charge in [-0.25, -0.2) is 0 Å². The summed E-state index contributed by atoms with van der Waals surface area (Å²) in [6, 6.07) is 15.2. The summed E-state index contributed by atoms with van der Waals surface area (Å²) in [5, 5.41) is 0.922. The molecule has 2 aromatic rings. The summed E-state index contributed by atoms with van der Waals surface area (Å²) in [6.45, 7) is 9.69. The maximum absolute atomic E-state index is 6.64. The first-order valence-electron chi connectivity index (χ1n) is 8.81. The molecule has 0 unspecified atom stereocenters. The van der Waals surface area contributed by atoms with E-state index >= 15 is 0 Å². The number of nitrogens with zero attached hydrogens (tertiary/aromatic N) is 1. The molecular weight excluding hydrogens is 314 g/mol. The van der Waals surface area contributed by atoms with Crippen LogP contribution in [-0.2, 0) is 13.0 Å². The number of hydrogen-bond acceptors (Lipinski definition) is 1. The summed E-state index contributed by atoms with van der Waals surface area (Å²) >= 11 is 6.64. The van der Waals surface area contributed by atoms with Gasteiger partial charge in [-0.2, -0.15) is 0 Å². The molecule has 24 heavy (non-hydrogen) atoms. The molecule has 0 amide bonds. The summed E-state index contributed by atoms with van der Waals surface area (Å²) in [7, 11) is 0. The summed E-state index contributed by atoms with van der Waals surface area (Å²) in [6.07, 6.45) is 4.17. The Kier molecular flexibility index (Phi) is 4.02. The van der Waals surface area contributed by atoms with Crippen LogP contribution in [0.25, 0.3) is 6.08 Å². The lowest BCUT2D eigenvalue weighted by Gasteiger charge is -2.37. The molecule has 4 rings (SSSR count). The summed E-state index contributed by atoms with van der Waals surface area (Å²) in [4.78, 5) is 2.62. The van der Waals surface area contributed by atoms with E-state index in [1.54, 1.807) is 0 Å². The van der Waals surface area contributed by atoms with Crippen molar-refractivity contribution in [3.63, 3.8) is 0 Å². The molecule has 0 saturated carbocycles. The fourth-order valence-corrected chi connectivity index (χ4v) is 5.00. The van der Waals surface area contributed by atoms with E-state index in [-0.39, 0.29) is 0 Å². The van der Waals surface area contributed by atoms with E-state index in [1.165, 1.54) is 29.7 Å². The zero-order valence-corrected chi connectivity index (χ0v) is 15.0. The minimum absolute atomic E-state index is 0.362. The molecule has 0 spiro atoms. The maximum Gasteiger partial charge on any atom is 0.0513 e. The molecule has 124 valence electrons. The number of benzene rings is 2. The average molecular weight is 338 g/mol. The molecule has 1 saturated heterocycles. The number of fused-ring (bicyclic) bond motifs is 3. The first kappa shape index (κ1) is 15.9. The Morgan fingerprint density at radius 2 is 2.04 bits per heavy atom. The van der Waals surface area contributed by atoms with E-state index in [0.29, 0.717) is 11.3 Å². The van der Waals surface area contributed by atoms with Crippen molar-refractivity contribution in [2.45, 2.75) is 32.2 Å². The summed E-state index contributed by atoms with van der Waals surface area (Å²) in [5.74, 6) is 0.585. The molecule has 1 fully saturated rings. The zero-order chi connectivity index (χ0) is 16.7. The standard InChI is InChI=1S/C22H24ClN/c1-3-17-9-10-18-19(21(17)23)11-12-22(2)15-24(14-20(18)22)13-16-7-5-4-6-8-16/h3-10,20H,1,11-15H2,2H3/t20-,22+/m1/s1. The van der Waals surface area contributed by atoms with Crippen LogP contribution in [0.4, 0.5) is 0 Å². The van der Waals surface area contributed by atoms with Gasteiger partial charge in [-0.05, 0) is 40.5 Å². The average Bonchev–Trinajstić information content (AvgIpc) is 2.92.